The maximum absolute atomic E-state index is 12.5. The first-order valence-corrected chi connectivity index (χ1v) is 11.7. The van der Waals surface area contributed by atoms with Crippen molar-refractivity contribution >= 4 is 5.91 Å². The fraction of sp³-hybridized carbons (Fsp3) is 0.955. The van der Waals surface area contributed by atoms with Crippen molar-refractivity contribution in [2.24, 2.45) is 5.92 Å². The summed E-state index contributed by atoms with van der Waals surface area (Å²) in [6.45, 7) is 11.6. The van der Waals surface area contributed by atoms with Crippen LogP contribution < -0.4 is 5.32 Å². The average Bonchev–Trinajstić information content (AvgIpc) is 3.13. The molecule has 0 radical (unpaired) electrons. The van der Waals surface area contributed by atoms with Gasteiger partial charge in [-0.25, -0.2) is 0 Å². The molecule has 0 bridgehead atoms. The molecule has 166 valence electrons. The lowest BCUT2D eigenvalue weighted by Gasteiger charge is -2.39. The molecule has 1 aliphatic carbocycles. The van der Waals surface area contributed by atoms with E-state index >= 15 is 0 Å². The molecule has 1 N–H and O–H groups in total. The van der Waals surface area contributed by atoms with Crippen molar-refractivity contribution in [1.82, 2.24) is 15.1 Å². The van der Waals surface area contributed by atoms with Gasteiger partial charge in [-0.3, -0.25) is 14.6 Å². The fourth-order valence-electron chi connectivity index (χ4n) is 5.59. The van der Waals surface area contributed by atoms with E-state index in [0.717, 1.165) is 57.8 Å². The highest BCUT2D eigenvalue weighted by Crippen LogP contribution is 2.35. The molecule has 4 fully saturated rings. The predicted molar refractivity (Wildman–Crippen MR) is 111 cm³/mol. The summed E-state index contributed by atoms with van der Waals surface area (Å²) >= 11 is 0. The highest BCUT2D eigenvalue weighted by Gasteiger charge is 2.40. The number of carbonyl (C=O) groups excluding carboxylic acids is 1. The third kappa shape index (κ3) is 5.91. The van der Waals surface area contributed by atoms with Crippen LogP contribution in [0.25, 0.3) is 0 Å². The molecule has 1 spiro atoms. The Morgan fingerprint density at radius 3 is 2.21 bits per heavy atom. The van der Waals surface area contributed by atoms with Gasteiger partial charge in [0.25, 0.3) is 0 Å². The third-order valence-electron chi connectivity index (χ3n) is 7.01. The van der Waals surface area contributed by atoms with E-state index in [1.165, 1.54) is 19.4 Å². The summed E-state index contributed by atoms with van der Waals surface area (Å²) < 4.78 is 17.4. The molecule has 4 rings (SSSR count). The number of morpholine rings is 1. The molecule has 2 unspecified atom stereocenters. The number of hydrogen-bond acceptors (Lipinski definition) is 6. The van der Waals surface area contributed by atoms with E-state index < -0.39 is 0 Å². The smallest absolute Gasteiger partial charge is 0.234 e. The number of likely N-dealkylation sites (tertiary alicyclic amines) is 1. The number of rotatable bonds is 5. The number of carbonyl (C=O) groups is 1. The van der Waals surface area contributed by atoms with Crippen LogP contribution in [-0.4, -0.2) is 92.2 Å². The zero-order valence-electron chi connectivity index (χ0n) is 18.2. The van der Waals surface area contributed by atoms with E-state index in [9.17, 15) is 4.79 Å². The SMILES string of the molecule is CC1CN(CC2CCN(CC(=O)NC3CCC4(CC3)OCCO4)CC2)CC(C)O1. The monoisotopic (exact) mass is 409 g/mol. The maximum Gasteiger partial charge on any atom is 0.234 e. The Hall–Kier alpha value is -0.730. The van der Waals surface area contributed by atoms with Crippen molar-refractivity contribution in [3.05, 3.63) is 0 Å². The second-order valence-corrected chi connectivity index (χ2v) is 9.64. The molecule has 1 saturated carbocycles. The molecule has 0 aromatic rings. The molecule has 2 atom stereocenters. The summed E-state index contributed by atoms with van der Waals surface area (Å²) in [5.74, 6) is 0.570. The van der Waals surface area contributed by atoms with E-state index in [1.54, 1.807) is 0 Å². The lowest BCUT2D eigenvalue weighted by Crippen LogP contribution is -2.50. The van der Waals surface area contributed by atoms with Crippen molar-refractivity contribution in [2.45, 2.75) is 76.4 Å². The van der Waals surface area contributed by atoms with Crippen molar-refractivity contribution in [1.29, 1.82) is 0 Å². The normalized spacial score (nSPS) is 32.6. The van der Waals surface area contributed by atoms with Crippen molar-refractivity contribution < 1.29 is 19.0 Å². The third-order valence-corrected chi connectivity index (χ3v) is 7.01. The predicted octanol–water partition coefficient (Wildman–Crippen LogP) is 1.61. The molecule has 0 aromatic heterocycles. The quantitative estimate of drug-likeness (QED) is 0.744. The summed E-state index contributed by atoms with van der Waals surface area (Å²) in [6.07, 6.45) is 6.73. The summed E-state index contributed by atoms with van der Waals surface area (Å²) in [5.41, 5.74) is 0. The number of piperidine rings is 1. The zero-order chi connectivity index (χ0) is 20.3. The van der Waals surface area contributed by atoms with E-state index in [2.05, 4.69) is 29.0 Å². The summed E-state index contributed by atoms with van der Waals surface area (Å²) in [7, 11) is 0. The fourth-order valence-corrected chi connectivity index (χ4v) is 5.59. The second kappa shape index (κ2) is 9.60. The minimum Gasteiger partial charge on any atom is -0.373 e. The Balaban J connectivity index is 1.12. The van der Waals surface area contributed by atoms with Gasteiger partial charge in [-0.1, -0.05) is 0 Å². The van der Waals surface area contributed by atoms with Gasteiger partial charge in [0, 0.05) is 38.5 Å². The van der Waals surface area contributed by atoms with Gasteiger partial charge < -0.3 is 19.5 Å². The molecule has 3 aliphatic heterocycles. The van der Waals surface area contributed by atoms with Crippen molar-refractivity contribution in [2.75, 3.05) is 52.5 Å². The van der Waals surface area contributed by atoms with Crippen LogP contribution in [0, 0.1) is 5.92 Å². The number of nitrogens with zero attached hydrogens (tertiary/aromatic N) is 2. The van der Waals surface area contributed by atoms with Gasteiger partial charge in [-0.2, -0.15) is 0 Å². The second-order valence-electron chi connectivity index (χ2n) is 9.64. The van der Waals surface area contributed by atoms with Gasteiger partial charge in [-0.15, -0.1) is 0 Å². The minimum atomic E-state index is -0.348. The molecule has 29 heavy (non-hydrogen) atoms. The van der Waals surface area contributed by atoms with Crippen LogP contribution in [0.2, 0.25) is 0 Å². The summed E-state index contributed by atoms with van der Waals surface area (Å²) in [4.78, 5) is 17.4. The molecule has 4 aliphatic rings. The summed E-state index contributed by atoms with van der Waals surface area (Å²) in [6, 6.07) is 0.267. The van der Waals surface area contributed by atoms with Crippen LogP contribution in [0.5, 0.6) is 0 Å². The molecule has 7 nitrogen and oxygen atoms in total. The molecular weight excluding hydrogens is 370 g/mol. The Morgan fingerprint density at radius 2 is 1.59 bits per heavy atom. The lowest BCUT2D eigenvalue weighted by atomic mass is 9.90. The molecule has 0 aromatic carbocycles. The molecule has 7 heteroatoms. The summed E-state index contributed by atoms with van der Waals surface area (Å²) in [5, 5.41) is 3.25. The molecule has 1 amide bonds. The number of ether oxygens (including phenoxy) is 3. The lowest BCUT2D eigenvalue weighted by molar-refractivity contribution is -0.180. The van der Waals surface area contributed by atoms with Gasteiger partial charge in [0.1, 0.15) is 0 Å². The number of amides is 1. The van der Waals surface area contributed by atoms with Gasteiger partial charge >= 0.3 is 0 Å². The van der Waals surface area contributed by atoms with Crippen LogP contribution >= 0.6 is 0 Å². The van der Waals surface area contributed by atoms with E-state index in [4.69, 9.17) is 14.2 Å². The highest BCUT2D eigenvalue weighted by molar-refractivity contribution is 5.78. The Labute approximate surface area is 175 Å². The van der Waals surface area contributed by atoms with Crippen LogP contribution in [0.15, 0.2) is 0 Å². The van der Waals surface area contributed by atoms with Gasteiger partial charge in [0.05, 0.1) is 32.0 Å². The zero-order valence-corrected chi connectivity index (χ0v) is 18.2. The minimum absolute atomic E-state index is 0.175. The van der Waals surface area contributed by atoms with E-state index in [1.807, 2.05) is 0 Å². The van der Waals surface area contributed by atoms with Gasteiger partial charge in [0.2, 0.25) is 5.91 Å². The van der Waals surface area contributed by atoms with E-state index in [0.29, 0.717) is 32.0 Å². The molecule has 3 heterocycles. The first-order valence-electron chi connectivity index (χ1n) is 11.7. The van der Waals surface area contributed by atoms with Crippen LogP contribution in [0.4, 0.5) is 0 Å². The number of nitrogens with one attached hydrogen (secondary N) is 1. The van der Waals surface area contributed by atoms with Crippen LogP contribution in [0.1, 0.15) is 52.4 Å². The maximum atomic E-state index is 12.5. The van der Waals surface area contributed by atoms with E-state index in [-0.39, 0.29) is 17.7 Å². The highest BCUT2D eigenvalue weighted by atomic mass is 16.7. The van der Waals surface area contributed by atoms with Crippen LogP contribution in [0.3, 0.4) is 0 Å². The first kappa shape index (κ1) is 21.5. The first-order chi connectivity index (χ1) is 14.0. The number of hydrogen-bond donors (Lipinski definition) is 1. The Kier molecular flexibility index (Phi) is 7.12. The topological polar surface area (TPSA) is 63.3 Å². The van der Waals surface area contributed by atoms with Crippen LogP contribution in [-0.2, 0) is 19.0 Å². The van der Waals surface area contributed by atoms with Gasteiger partial charge in [0.15, 0.2) is 5.79 Å². The molecule has 3 saturated heterocycles. The standard InChI is InChI=1S/C22H39N3O4/c1-17-13-25(14-18(2)29-17)15-19-5-9-24(10-6-19)16-21(26)23-20-3-7-22(8-4-20)27-11-12-28-22/h17-20H,3-16H2,1-2H3,(H,23,26). The Morgan fingerprint density at radius 1 is 0.966 bits per heavy atom. The molecular formula is C22H39N3O4. The largest absolute Gasteiger partial charge is 0.373 e. The van der Waals surface area contributed by atoms with Crippen molar-refractivity contribution in [3.63, 3.8) is 0 Å². The van der Waals surface area contributed by atoms with Gasteiger partial charge in [-0.05, 0) is 58.5 Å². The average molecular weight is 410 g/mol. The Bertz CT molecular complexity index is 526. The van der Waals surface area contributed by atoms with Crippen molar-refractivity contribution in [3.8, 4) is 0 Å².